The van der Waals surface area contributed by atoms with E-state index in [1.165, 1.54) is 28.6 Å². The van der Waals surface area contributed by atoms with E-state index in [0.29, 0.717) is 6.04 Å². The molecule has 1 fully saturated rings. The number of nitrogens with one attached hydrogen (secondary N) is 1. The number of hydrogen-bond acceptors (Lipinski definition) is 2. The van der Waals surface area contributed by atoms with Crippen LogP contribution in [0.2, 0.25) is 0 Å². The third kappa shape index (κ3) is 3.08. The van der Waals surface area contributed by atoms with E-state index in [4.69, 9.17) is 0 Å². The molecular weight excluding hydrogens is 282 g/mol. The molecule has 1 heterocycles. The predicted molar refractivity (Wildman–Crippen MR) is 74.8 cm³/mol. The van der Waals surface area contributed by atoms with E-state index in [1.807, 2.05) is 11.3 Å². The number of halogens is 1. The molecule has 0 spiro atoms. The molecule has 1 saturated carbocycles. The van der Waals surface area contributed by atoms with Crippen LogP contribution in [0, 0.1) is 11.8 Å². The molecule has 0 aliphatic heterocycles. The summed E-state index contributed by atoms with van der Waals surface area (Å²) < 4.78 is 1.21. The highest BCUT2D eigenvalue weighted by molar-refractivity contribution is 9.10. The lowest BCUT2D eigenvalue weighted by Gasteiger charge is -2.34. The van der Waals surface area contributed by atoms with Crippen LogP contribution in [-0.4, -0.2) is 6.04 Å². The SMILES string of the molecule is CC1CCCC(NCc2cc(Br)cs2)C1C. The third-order valence-corrected chi connectivity index (χ3v) is 5.56. The maximum Gasteiger partial charge on any atom is 0.0302 e. The van der Waals surface area contributed by atoms with Gasteiger partial charge in [-0.1, -0.05) is 26.7 Å². The van der Waals surface area contributed by atoms with Crippen LogP contribution in [0.5, 0.6) is 0 Å². The molecule has 1 aromatic heterocycles. The number of rotatable bonds is 3. The van der Waals surface area contributed by atoms with Gasteiger partial charge in [0.1, 0.15) is 0 Å². The summed E-state index contributed by atoms with van der Waals surface area (Å²) in [5.74, 6) is 1.69. The van der Waals surface area contributed by atoms with Gasteiger partial charge in [-0.25, -0.2) is 0 Å². The molecule has 1 N–H and O–H groups in total. The predicted octanol–water partition coefficient (Wildman–Crippen LogP) is 4.42. The highest BCUT2D eigenvalue weighted by Crippen LogP contribution is 2.30. The minimum Gasteiger partial charge on any atom is -0.309 e. The van der Waals surface area contributed by atoms with Gasteiger partial charge in [-0.05, 0) is 40.3 Å². The van der Waals surface area contributed by atoms with Gasteiger partial charge in [-0.2, -0.15) is 0 Å². The first-order valence-corrected chi connectivity index (χ1v) is 7.80. The third-order valence-electron chi connectivity index (χ3n) is 3.87. The standard InChI is InChI=1S/C13H20BrNS/c1-9-4-3-5-13(10(9)2)15-7-12-6-11(14)8-16-12/h6,8-10,13,15H,3-5,7H2,1-2H3. The summed E-state index contributed by atoms with van der Waals surface area (Å²) in [7, 11) is 0. The monoisotopic (exact) mass is 301 g/mol. The molecule has 0 radical (unpaired) electrons. The molecule has 16 heavy (non-hydrogen) atoms. The topological polar surface area (TPSA) is 12.0 Å². The first kappa shape index (κ1) is 12.6. The zero-order valence-corrected chi connectivity index (χ0v) is 12.4. The van der Waals surface area contributed by atoms with Gasteiger partial charge < -0.3 is 5.32 Å². The molecule has 2 rings (SSSR count). The van der Waals surface area contributed by atoms with Crippen LogP contribution in [-0.2, 0) is 6.54 Å². The maximum atomic E-state index is 3.72. The lowest BCUT2D eigenvalue weighted by molar-refractivity contribution is 0.206. The summed E-state index contributed by atoms with van der Waals surface area (Å²) in [5.41, 5.74) is 0. The average molecular weight is 302 g/mol. The zero-order valence-electron chi connectivity index (χ0n) is 10.0. The van der Waals surface area contributed by atoms with Crippen molar-refractivity contribution in [1.82, 2.24) is 5.32 Å². The van der Waals surface area contributed by atoms with Gasteiger partial charge >= 0.3 is 0 Å². The molecule has 0 amide bonds. The average Bonchev–Trinajstić information content (AvgIpc) is 2.67. The fourth-order valence-electron chi connectivity index (χ4n) is 2.55. The van der Waals surface area contributed by atoms with Crippen LogP contribution in [0.1, 0.15) is 38.0 Å². The first-order chi connectivity index (χ1) is 7.66. The Morgan fingerprint density at radius 2 is 2.25 bits per heavy atom. The lowest BCUT2D eigenvalue weighted by Crippen LogP contribution is -2.40. The minimum atomic E-state index is 0.713. The molecule has 3 atom stereocenters. The van der Waals surface area contributed by atoms with Gasteiger partial charge in [0.25, 0.3) is 0 Å². The Kier molecular flexibility index (Phi) is 4.45. The van der Waals surface area contributed by atoms with Crippen LogP contribution in [0.4, 0.5) is 0 Å². The Morgan fingerprint density at radius 1 is 1.44 bits per heavy atom. The summed E-state index contributed by atoms with van der Waals surface area (Å²) in [6, 6.07) is 2.93. The smallest absolute Gasteiger partial charge is 0.0302 e. The lowest BCUT2D eigenvalue weighted by atomic mass is 9.78. The Labute approximate surface area is 111 Å². The van der Waals surface area contributed by atoms with Crippen LogP contribution in [0.15, 0.2) is 15.9 Å². The van der Waals surface area contributed by atoms with Crippen molar-refractivity contribution in [2.24, 2.45) is 11.8 Å². The summed E-state index contributed by atoms with van der Waals surface area (Å²) in [6.07, 6.45) is 4.14. The highest BCUT2D eigenvalue weighted by Gasteiger charge is 2.26. The Bertz CT molecular complexity index is 336. The summed E-state index contributed by atoms with van der Waals surface area (Å²) in [6.45, 7) is 5.81. The van der Waals surface area contributed by atoms with E-state index in [2.05, 4.69) is 46.5 Å². The summed E-state index contributed by atoms with van der Waals surface area (Å²) in [5, 5.41) is 5.88. The molecule has 1 aliphatic rings. The van der Waals surface area contributed by atoms with E-state index in [-0.39, 0.29) is 0 Å². The highest BCUT2D eigenvalue weighted by atomic mass is 79.9. The molecule has 1 aliphatic carbocycles. The molecule has 3 unspecified atom stereocenters. The maximum absolute atomic E-state index is 3.72. The van der Waals surface area contributed by atoms with Crippen LogP contribution < -0.4 is 5.32 Å². The van der Waals surface area contributed by atoms with E-state index in [0.717, 1.165) is 18.4 Å². The van der Waals surface area contributed by atoms with Crippen molar-refractivity contribution in [2.45, 2.75) is 45.7 Å². The van der Waals surface area contributed by atoms with Crippen LogP contribution >= 0.6 is 27.3 Å². The van der Waals surface area contributed by atoms with E-state index < -0.39 is 0 Å². The van der Waals surface area contributed by atoms with Crippen molar-refractivity contribution < 1.29 is 0 Å². The molecule has 90 valence electrons. The Balaban J connectivity index is 1.85. The van der Waals surface area contributed by atoms with Gasteiger partial charge in [0.2, 0.25) is 0 Å². The second-order valence-electron chi connectivity index (χ2n) is 4.99. The van der Waals surface area contributed by atoms with Crippen molar-refractivity contribution in [1.29, 1.82) is 0 Å². The number of thiophene rings is 1. The number of hydrogen-bond donors (Lipinski definition) is 1. The van der Waals surface area contributed by atoms with E-state index >= 15 is 0 Å². The molecule has 0 bridgehead atoms. The van der Waals surface area contributed by atoms with Gasteiger partial charge in [-0.3, -0.25) is 0 Å². The van der Waals surface area contributed by atoms with Crippen molar-refractivity contribution in [3.05, 3.63) is 20.8 Å². The second kappa shape index (κ2) is 5.65. The van der Waals surface area contributed by atoms with Crippen LogP contribution in [0.3, 0.4) is 0 Å². The molecular formula is C13H20BrNS. The largest absolute Gasteiger partial charge is 0.309 e. The molecule has 1 nitrogen and oxygen atoms in total. The molecule has 0 aromatic carbocycles. The molecule has 0 saturated heterocycles. The van der Waals surface area contributed by atoms with Gasteiger partial charge in [0.05, 0.1) is 0 Å². The Hall–Kier alpha value is 0.140. The zero-order chi connectivity index (χ0) is 11.5. The first-order valence-electron chi connectivity index (χ1n) is 6.13. The Morgan fingerprint density at radius 3 is 2.94 bits per heavy atom. The van der Waals surface area contributed by atoms with Crippen molar-refractivity contribution in [2.75, 3.05) is 0 Å². The molecule has 3 heteroatoms. The quantitative estimate of drug-likeness (QED) is 0.871. The van der Waals surface area contributed by atoms with Gasteiger partial charge in [0.15, 0.2) is 0 Å². The fraction of sp³-hybridized carbons (Fsp3) is 0.692. The van der Waals surface area contributed by atoms with Crippen molar-refractivity contribution in [3.63, 3.8) is 0 Å². The second-order valence-corrected chi connectivity index (χ2v) is 6.90. The van der Waals surface area contributed by atoms with Crippen LogP contribution in [0.25, 0.3) is 0 Å². The van der Waals surface area contributed by atoms with E-state index in [9.17, 15) is 0 Å². The normalized spacial score (nSPS) is 30.6. The van der Waals surface area contributed by atoms with Gasteiger partial charge in [-0.15, -0.1) is 11.3 Å². The minimum absolute atomic E-state index is 0.713. The van der Waals surface area contributed by atoms with Crippen molar-refractivity contribution >= 4 is 27.3 Å². The summed E-state index contributed by atoms with van der Waals surface area (Å²) >= 11 is 5.33. The summed E-state index contributed by atoms with van der Waals surface area (Å²) in [4.78, 5) is 1.43. The fourth-order valence-corrected chi connectivity index (χ4v) is 3.95. The van der Waals surface area contributed by atoms with E-state index in [1.54, 1.807) is 0 Å². The van der Waals surface area contributed by atoms with Gasteiger partial charge in [0, 0.05) is 27.3 Å². The molecule has 1 aromatic rings. The van der Waals surface area contributed by atoms with Crippen molar-refractivity contribution in [3.8, 4) is 0 Å².